The predicted octanol–water partition coefficient (Wildman–Crippen LogP) is 1.21. The number of morpholine rings is 1. The van der Waals surface area contributed by atoms with E-state index in [4.69, 9.17) is 4.74 Å². The zero-order valence-corrected chi connectivity index (χ0v) is 9.42. The highest BCUT2D eigenvalue weighted by atomic mass is 16.6. The highest BCUT2D eigenvalue weighted by Gasteiger charge is 2.37. The average molecular weight is 209 g/mol. The standard InChI is InChI=1S/C12H19NO2/c1-9-3-4-11(10(2)7-9)12(14)8-13-5-6-15-12/h3-4,10,13-14H,5-8H2,1-2H3/t10-,12-/m1/s1. The average Bonchev–Trinajstić information content (AvgIpc) is 2.18. The summed E-state index contributed by atoms with van der Waals surface area (Å²) in [6, 6.07) is 0. The van der Waals surface area contributed by atoms with Crippen molar-refractivity contribution in [2.75, 3.05) is 19.7 Å². The minimum atomic E-state index is -1.09. The number of hydrogen-bond acceptors (Lipinski definition) is 3. The Morgan fingerprint density at radius 3 is 2.93 bits per heavy atom. The molecule has 2 N–H and O–H groups in total. The van der Waals surface area contributed by atoms with Crippen molar-refractivity contribution < 1.29 is 9.84 Å². The van der Waals surface area contributed by atoms with Gasteiger partial charge < -0.3 is 15.2 Å². The van der Waals surface area contributed by atoms with Gasteiger partial charge in [-0.3, -0.25) is 0 Å². The molecule has 84 valence electrons. The molecule has 0 aromatic carbocycles. The molecule has 0 bridgehead atoms. The molecule has 1 aliphatic heterocycles. The summed E-state index contributed by atoms with van der Waals surface area (Å²) >= 11 is 0. The maximum absolute atomic E-state index is 10.4. The van der Waals surface area contributed by atoms with E-state index in [9.17, 15) is 5.11 Å². The van der Waals surface area contributed by atoms with Gasteiger partial charge in [0, 0.05) is 6.54 Å². The van der Waals surface area contributed by atoms with E-state index in [1.165, 1.54) is 5.57 Å². The molecule has 2 atom stereocenters. The molecule has 15 heavy (non-hydrogen) atoms. The number of allylic oxidation sites excluding steroid dienone is 3. The summed E-state index contributed by atoms with van der Waals surface area (Å²) in [5.41, 5.74) is 2.36. The number of aliphatic hydroxyl groups is 1. The van der Waals surface area contributed by atoms with Crippen molar-refractivity contribution in [3.63, 3.8) is 0 Å². The lowest BCUT2D eigenvalue weighted by molar-refractivity contribution is -0.190. The van der Waals surface area contributed by atoms with Crippen LogP contribution in [0.25, 0.3) is 0 Å². The lowest BCUT2D eigenvalue weighted by atomic mass is 9.84. The fraction of sp³-hybridized carbons (Fsp3) is 0.667. The molecule has 1 heterocycles. The lowest BCUT2D eigenvalue weighted by Crippen LogP contribution is -2.52. The molecule has 0 saturated carbocycles. The van der Waals surface area contributed by atoms with Crippen molar-refractivity contribution in [2.24, 2.45) is 5.92 Å². The van der Waals surface area contributed by atoms with Gasteiger partial charge in [-0.2, -0.15) is 0 Å². The molecule has 1 fully saturated rings. The molecule has 1 saturated heterocycles. The lowest BCUT2D eigenvalue weighted by Gasteiger charge is -2.38. The Labute approximate surface area is 90.8 Å². The van der Waals surface area contributed by atoms with Crippen LogP contribution >= 0.6 is 0 Å². The third-order valence-electron chi connectivity index (χ3n) is 3.14. The Morgan fingerprint density at radius 2 is 2.33 bits per heavy atom. The molecule has 0 amide bonds. The number of hydrogen-bond donors (Lipinski definition) is 2. The van der Waals surface area contributed by atoms with Crippen LogP contribution in [0.2, 0.25) is 0 Å². The van der Waals surface area contributed by atoms with Crippen molar-refractivity contribution in [1.82, 2.24) is 5.32 Å². The van der Waals surface area contributed by atoms with E-state index < -0.39 is 5.79 Å². The summed E-state index contributed by atoms with van der Waals surface area (Å²) in [5.74, 6) is -0.727. The highest BCUT2D eigenvalue weighted by molar-refractivity contribution is 5.30. The maximum Gasteiger partial charge on any atom is 0.201 e. The topological polar surface area (TPSA) is 41.5 Å². The van der Waals surface area contributed by atoms with E-state index in [0.717, 1.165) is 18.5 Å². The summed E-state index contributed by atoms with van der Waals surface area (Å²) in [6.07, 6.45) is 5.10. The first-order valence-corrected chi connectivity index (χ1v) is 5.57. The monoisotopic (exact) mass is 209 g/mol. The van der Waals surface area contributed by atoms with Gasteiger partial charge >= 0.3 is 0 Å². The van der Waals surface area contributed by atoms with Crippen molar-refractivity contribution in [3.8, 4) is 0 Å². The molecule has 1 aliphatic carbocycles. The van der Waals surface area contributed by atoms with Crippen LogP contribution in [0.3, 0.4) is 0 Å². The summed E-state index contributed by atoms with van der Waals surface area (Å²) < 4.78 is 5.51. The van der Waals surface area contributed by atoms with Gasteiger partial charge in [-0.1, -0.05) is 24.6 Å². The highest BCUT2D eigenvalue weighted by Crippen LogP contribution is 2.33. The Kier molecular flexibility index (Phi) is 2.96. The first kappa shape index (κ1) is 10.9. The van der Waals surface area contributed by atoms with Crippen LogP contribution in [-0.4, -0.2) is 30.6 Å². The van der Waals surface area contributed by atoms with Crippen molar-refractivity contribution >= 4 is 0 Å². The molecule has 0 spiro atoms. The van der Waals surface area contributed by atoms with Gasteiger partial charge in [0.1, 0.15) is 0 Å². The molecule has 3 heteroatoms. The van der Waals surface area contributed by atoms with Gasteiger partial charge in [-0.05, 0) is 24.8 Å². The minimum absolute atomic E-state index is 0.361. The van der Waals surface area contributed by atoms with E-state index in [1.54, 1.807) is 0 Å². The molecule has 0 aromatic heterocycles. The second kappa shape index (κ2) is 4.08. The molecule has 0 unspecified atom stereocenters. The van der Waals surface area contributed by atoms with Crippen LogP contribution in [0.4, 0.5) is 0 Å². The van der Waals surface area contributed by atoms with E-state index in [0.29, 0.717) is 19.1 Å². The molecule has 0 radical (unpaired) electrons. The van der Waals surface area contributed by atoms with Gasteiger partial charge in [0.2, 0.25) is 5.79 Å². The van der Waals surface area contributed by atoms with E-state index in [2.05, 4.69) is 25.2 Å². The summed E-state index contributed by atoms with van der Waals surface area (Å²) in [4.78, 5) is 0. The van der Waals surface area contributed by atoms with Crippen LogP contribution in [0.15, 0.2) is 23.3 Å². The number of rotatable bonds is 1. The Morgan fingerprint density at radius 1 is 1.53 bits per heavy atom. The second-order valence-corrected chi connectivity index (χ2v) is 4.55. The third-order valence-corrected chi connectivity index (χ3v) is 3.14. The van der Waals surface area contributed by atoms with Crippen molar-refractivity contribution in [1.29, 1.82) is 0 Å². The quantitative estimate of drug-likeness (QED) is 0.682. The Hall–Kier alpha value is -0.640. The maximum atomic E-state index is 10.4. The molecule has 2 aliphatic rings. The first-order chi connectivity index (χ1) is 7.12. The molecular weight excluding hydrogens is 190 g/mol. The Bertz CT molecular complexity index is 301. The van der Waals surface area contributed by atoms with Gasteiger partial charge in [0.05, 0.1) is 13.2 Å². The van der Waals surface area contributed by atoms with Crippen molar-refractivity contribution in [2.45, 2.75) is 26.1 Å². The van der Waals surface area contributed by atoms with Crippen LogP contribution in [0.1, 0.15) is 20.3 Å². The van der Waals surface area contributed by atoms with Gasteiger partial charge in [0.15, 0.2) is 0 Å². The minimum Gasteiger partial charge on any atom is -0.361 e. The van der Waals surface area contributed by atoms with E-state index >= 15 is 0 Å². The van der Waals surface area contributed by atoms with Crippen LogP contribution in [-0.2, 0) is 4.74 Å². The largest absolute Gasteiger partial charge is 0.361 e. The summed E-state index contributed by atoms with van der Waals surface area (Å²) in [6.45, 7) is 6.14. The summed E-state index contributed by atoms with van der Waals surface area (Å²) in [5, 5.41) is 13.5. The van der Waals surface area contributed by atoms with Crippen LogP contribution < -0.4 is 5.32 Å². The number of ether oxygens (including phenoxy) is 1. The SMILES string of the molecule is CC1=CC=C([C@@]2(O)CNCCO2)[C@H](C)C1. The zero-order valence-electron chi connectivity index (χ0n) is 9.42. The predicted molar refractivity (Wildman–Crippen MR) is 59.4 cm³/mol. The Balaban J connectivity index is 2.21. The molecule has 3 nitrogen and oxygen atoms in total. The second-order valence-electron chi connectivity index (χ2n) is 4.55. The third kappa shape index (κ3) is 2.14. The van der Waals surface area contributed by atoms with Gasteiger partial charge in [0.25, 0.3) is 0 Å². The van der Waals surface area contributed by atoms with E-state index in [1.807, 2.05) is 6.08 Å². The zero-order chi connectivity index (χ0) is 10.9. The normalized spacial score (nSPS) is 37.1. The summed E-state index contributed by atoms with van der Waals surface area (Å²) in [7, 11) is 0. The van der Waals surface area contributed by atoms with Crippen LogP contribution in [0, 0.1) is 5.92 Å². The number of nitrogens with one attached hydrogen (secondary N) is 1. The van der Waals surface area contributed by atoms with Crippen molar-refractivity contribution in [3.05, 3.63) is 23.3 Å². The first-order valence-electron chi connectivity index (χ1n) is 5.57. The molecule has 0 aromatic rings. The van der Waals surface area contributed by atoms with Crippen LogP contribution in [0.5, 0.6) is 0 Å². The van der Waals surface area contributed by atoms with Gasteiger partial charge in [-0.15, -0.1) is 0 Å². The fourth-order valence-electron chi connectivity index (χ4n) is 2.36. The van der Waals surface area contributed by atoms with Gasteiger partial charge in [-0.25, -0.2) is 0 Å². The fourth-order valence-corrected chi connectivity index (χ4v) is 2.36. The number of β-amino-alcohol motifs (C(OH)–C–C–N with tert-alkyl or cyclic N) is 1. The molecular formula is C12H19NO2. The van der Waals surface area contributed by atoms with E-state index in [-0.39, 0.29) is 0 Å². The molecule has 2 rings (SSSR count). The smallest absolute Gasteiger partial charge is 0.201 e.